The summed E-state index contributed by atoms with van der Waals surface area (Å²) in [5.41, 5.74) is 2.59. The lowest BCUT2D eigenvalue weighted by Gasteiger charge is -2.31. The largest absolute Gasteiger partial charge is 0.361 e. The minimum atomic E-state index is -3.98. The van der Waals surface area contributed by atoms with E-state index in [1.54, 1.807) is 6.07 Å². The van der Waals surface area contributed by atoms with Gasteiger partial charge in [-0.25, -0.2) is 13.6 Å². The number of rotatable bonds is 9. The van der Waals surface area contributed by atoms with Crippen LogP contribution < -0.4 is 15.8 Å². The number of nitrogens with one attached hydrogen (secondary N) is 3. The number of para-hydroxylation sites is 1. The van der Waals surface area contributed by atoms with Gasteiger partial charge in [0.2, 0.25) is 15.9 Å². The van der Waals surface area contributed by atoms with Crippen LogP contribution in [0.5, 0.6) is 0 Å². The number of carbonyl (C=O) groups is 1. The van der Waals surface area contributed by atoms with Gasteiger partial charge < -0.3 is 10.3 Å². The van der Waals surface area contributed by atoms with Crippen LogP contribution in [-0.2, 0) is 27.8 Å². The minimum absolute atomic E-state index is 0.0530. The molecule has 1 heterocycles. The molecule has 0 aliphatic rings. The van der Waals surface area contributed by atoms with E-state index in [9.17, 15) is 13.2 Å². The molecule has 0 aliphatic carbocycles. The van der Waals surface area contributed by atoms with Crippen molar-refractivity contribution in [3.05, 3.63) is 101 Å². The van der Waals surface area contributed by atoms with Crippen LogP contribution >= 0.6 is 11.6 Å². The van der Waals surface area contributed by atoms with Gasteiger partial charge in [-0.15, -0.1) is 0 Å². The topological polar surface area (TPSA) is 117 Å². The Morgan fingerprint density at radius 2 is 1.78 bits per heavy atom. The summed E-state index contributed by atoms with van der Waals surface area (Å²) in [6.07, 6.45) is 2.32. The first kappa shape index (κ1) is 25.9. The van der Waals surface area contributed by atoms with Crippen LogP contribution in [0.2, 0.25) is 5.02 Å². The zero-order valence-corrected chi connectivity index (χ0v) is 21.7. The summed E-state index contributed by atoms with van der Waals surface area (Å²) in [6.45, 7) is 4.01. The van der Waals surface area contributed by atoms with E-state index >= 15 is 0 Å². The second-order valence-electron chi connectivity index (χ2n) is 9.14. The van der Waals surface area contributed by atoms with Gasteiger partial charge in [-0.05, 0) is 48.7 Å². The Bertz CT molecular complexity index is 1490. The molecule has 0 radical (unpaired) electrons. The number of amides is 1. The third-order valence-corrected chi connectivity index (χ3v) is 7.74. The number of sulfonamides is 1. The highest BCUT2D eigenvalue weighted by Gasteiger charge is 2.34. The summed E-state index contributed by atoms with van der Waals surface area (Å²) in [5.74, 6) is -0.176. The Kier molecular flexibility index (Phi) is 7.51. The SMILES string of the molecule is CC(NC(=O)C(C)(Cc1c[nH]c2ccccc12)NCc1ccc(Cl)c(S(N)(=O)=O)c1)c1ccccc1. The summed E-state index contributed by atoms with van der Waals surface area (Å²) >= 11 is 6.04. The molecule has 2 atom stereocenters. The quantitative estimate of drug-likeness (QED) is 0.259. The van der Waals surface area contributed by atoms with Gasteiger partial charge in [-0.2, -0.15) is 0 Å². The number of benzene rings is 3. The first-order valence-electron chi connectivity index (χ1n) is 11.5. The van der Waals surface area contributed by atoms with Crippen LogP contribution in [0.4, 0.5) is 0 Å². The number of halogens is 1. The monoisotopic (exact) mass is 524 g/mol. The molecule has 0 bridgehead atoms. The molecule has 36 heavy (non-hydrogen) atoms. The van der Waals surface area contributed by atoms with Gasteiger partial charge >= 0.3 is 0 Å². The second kappa shape index (κ2) is 10.4. The second-order valence-corrected chi connectivity index (χ2v) is 11.1. The average Bonchev–Trinajstić information content (AvgIpc) is 3.25. The molecule has 0 fully saturated rings. The summed E-state index contributed by atoms with van der Waals surface area (Å²) in [5, 5.41) is 12.9. The van der Waals surface area contributed by atoms with E-state index in [0.717, 1.165) is 22.0 Å². The number of carbonyl (C=O) groups excluding carboxylic acids is 1. The molecule has 9 heteroatoms. The number of primary sulfonamides is 1. The third-order valence-electron chi connectivity index (χ3n) is 6.35. The lowest BCUT2D eigenvalue weighted by molar-refractivity contribution is -0.127. The number of hydrogen-bond acceptors (Lipinski definition) is 4. The Labute approximate surface area is 216 Å². The van der Waals surface area contributed by atoms with E-state index < -0.39 is 15.6 Å². The maximum atomic E-state index is 13.7. The molecular formula is C27H29ClN4O3S. The van der Waals surface area contributed by atoms with Crippen LogP contribution in [0.1, 0.15) is 36.6 Å². The standard InChI is InChI=1S/C27H29ClN4O3S/c1-18(20-8-4-3-5-9-20)32-26(33)27(2,15-21-17-30-24-11-7-6-10-22(21)24)31-16-19-12-13-23(28)25(14-19)36(29,34)35/h3-14,17-18,30-31H,15-16H2,1-2H3,(H,32,33)(H2,29,34,35). The van der Waals surface area contributed by atoms with Crippen LogP contribution in [0.25, 0.3) is 10.9 Å². The molecule has 2 unspecified atom stereocenters. The van der Waals surface area contributed by atoms with Crippen molar-refractivity contribution in [3.8, 4) is 0 Å². The molecule has 0 saturated carbocycles. The van der Waals surface area contributed by atoms with E-state index in [-0.39, 0.29) is 28.4 Å². The maximum absolute atomic E-state index is 13.7. The Hall–Kier alpha value is -3.17. The number of aromatic nitrogens is 1. The maximum Gasteiger partial charge on any atom is 0.240 e. The van der Waals surface area contributed by atoms with Crippen molar-refractivity contribution in [2.45, 2.75) is 43.3 Å². The summed E-state index contributed by atoms with van der Waals surface area (Å²) in [4.78, 5) is 16.8. The predicted octanol–water partition coefficient (Wildman–Crippen LogP) is 4.44. The van der Waals surface area contributed by atoms with E-state index in [1.165, 1.54) is 12.1 Å². The molecule has 188 valence electrons. The molecular weight excluding hydrogens is 496 g/mol. The Morgan fingerprint density at radius 1 is 1.08 bits per heavy atom. The molecule has 1 aromatic heterocycles. The Morgan fingerprint density at radius 3 is 2.50 bits per heavy atom. The van der Waals surface area contributed by atoms with Crippen molar-refractivity contribution >= 4 is 38.4 Å². The number of hydrogen-bond donors (Lipinski definition) is 4. The highest BCUT2D eigenvalue weighted by atomic mass is 35.5. The fraction of sp³-hybridized carbons (Fsp3) is 0.222. The van der Waals surface area contributed by atoms with Crippen LogP contribution in [0.3, 0.4) is 0 Å². The van der Waals surface area contributed by atoms with E-state index in [0.29, 0.717) is 12.0 Å². The van der Waals surface area contributed by atoms with Gasteiger partial charge in [0.05, 0.1) is 16.6 Å². The van der Waals surface area contributed by atoms with Gasteiger partial charge in [-0.1, -0.05) is 66.2 Å². The highest BCUT2D eigenvalue weighted by molar-refractivity contribution is 7.89. The zero-order valence-electron chi connectivity index (χ0n) is 20.1. The van der Waals surface area contributed by atoms with Crippen molar-refractivity contribution in [3.63, 3.8) is 0 Å². The van der Waals surface area contributed by atoms with Crippen molar-refractivity contribution in [2.75, 3.05) is 0 Å². The van der Waals surface area contributed by atoms with E-state index in [4.69, 9.17) is 16.7 Å². The molecule has 7 nitrogen and oxygen atoms in total. The molecule has 0 spiro atoms. The molecule has 1 amide bonds. The molecule has 5 N–H and O–H groups in total. The van der Waals surface area contributed by atoms with Crippen molar-refractivity contribution in [2.24, 2.45) is 5.14 Å². The van der Waals surface area contributed by atoms with Crippen molar-refractivity contribution in [1.29, 1.82) is 0 Å². The average molecular weight is 525 g/mol. The fourth-order valence-electron chi connectivity index (χ4n) is 4.24. The normalized spacial score (nSPS) is 14.3. The van der Waals surface area contributed by atoms with Gasteiger partial charge in [0, 0.05) is 30.1 Å². The highest BCUT2D eigenvalue weighted by Crippen LogP contribution is 2.25. The first-order chi connectivity index (χ1) is 17.1. The smallest absolute Gasteiger partial charge is 0.240 e. The molecule has 0 saturated heterocycles. The van der Waals surface area contributed by atoms with E-state index in [1.807, 2.05) is 74.6 Å². The summed E-state index contributed by atoms with van der Waals surface area (Å²) in [7, 11) is -3.98. The van der Waals surface area contributed by atoms with Crippen LogP contribution in [0.15, 0.2) is 83.9 Å². The molecule has 4 aromatic rings. The van der Waals surface area contributed by atoms with Gasteiger partial charge in [-0.3, -0.25) is 10.1 Å². The summed E-state index contributed by atoms with van der Waals surface area (Å²) in [6, 6.07) is 22.1. The first-order valence-corrected chi connectivity index (χ1v) is 13.5. The number of aromatic amines is 1. The number of H-pyrrole nitrogens is 1. The third kappa shape index (κ3) is 5.79. The molecule has 0 aliphatic heterocycles. The number of nitrogens with two attached hydrogens (primary N) is 1. The predicted molar refractivity (Wildman–Crippen MR) is 143 cm³/mol. The number of fused-ring (bicyclic) bond motifs is 1. The molecule has 4 rings (SSSR count). The van der Waals surface area contributed by atoms with Gasteiger partial charge in [0.1, 0.15) is 4.90 Å². The lowest BCUT2D eigenvalue weighted by Crippen LogP contribution is -2.56. The Balaban J connectivity index is 1.63. The van der Waals surface area contributed by atoms with Crippen LogP contribution in [-0.4, -0.2) is 24.8 Å². The zero-order chi connectivity index (χ0) is 25.9. The van der Waals surface area contributed by atoms with Crippen molar-refractivity contribution in [1.82, 2.24) is 15.6 Å². The fourth-order valence-corrected chi connectivity index (χ4v) is 5.33. The van der Waals surface area contributed by atoms with Gasteiger partial charge in [0.25, 0.3) is 0 Å². The van der Waals surface area contributed by atoms with Crippen molar-refractivity contribution < 1.29 is 13.2 Å². The van der Waals surface area contributed by atoms with Gasteiger partial charge in [0.15, 0.2) is 0 Å². The molecule has 3 aromatic carbocycles. The van der Waals surface area contributed by atoms with Crippen LogP contribution in [0, 0.1) is 0 Å². The lowest BCUT2D eigenvalue weighted by atomic mass is 9.90. The minimum Gasteiger partial charge on any atom is -0.361 e. The van der Waals surface area contributed by atoms with E-state index in [2.05, 4.69) is 15.6 Å². The summed E-state index contributed by atoms with van der Waals surface area (Å²) < 4.78 is 23.8.